The Kier molecular flexibility index (Phi) is 5.55. The smallest absolute Gasteiger partial charge is 0.465 e. The third-order valence-corrected chi connectivity index (χ3v) is 5.28. The Labute approximate surface area is 154 Å². The topological polar surface area (TPSA) is 114 Å². The van der Waals surface area contributed by atoms with Crippen molar-refractivity contribution in [1.29, 1.82) is 0 Å². The van der Waals surface area contributed by atoms with Crippen LogP contribution in [0.15, 0.2) is 48.5 Å². The van der Waals surface area contributed by atoms with E-state index in [9.17, 15) is 19.5 Å². The first-order valence-corrected chi connectivity index (χ1v) is 9.41. The van der Waals surface area contributed by atoms with E-state index in [4.69, 9.17) is 18.3 Å². The molecule has 1 aliphatic rings. The molecule has 0 N–H and O–H groups in total. The molecule has 1 fully saturated rings. The standard InChI is InChI=1S/C17H16NO8P/c1-23-17(19)13-4-2-3-12(11-13)16-9-10-24-27(22,26-16)25-15-7-5-14(6-8-15)18(20)21/h2-8,11,16H,9-10H2,1H3. The highest BCUT2D eigenvalue weighted by Gasteiger charge is 2.37. The van der Waals surface area contributed by atoms with E-state index < -0.39 is 24.8 Å². The third kappa shape index (κ3) is 4.51. The summed E-state index contributed by atoms with van der Waals surface area (Å²) in [6.07, 6.45) is -0.189. The number of phosphoric ester groups is 1. The van der Waals surface area contributed by atoms with Crippen LogP contribution in [0.2, 0.25) is 0 Å². The molecule has 10 heteroatoms. The quantitative estimate of drug-likeness (QED) is 0.323. The number of hydrogen-bond acceptors (Lipinski definition) is 8. The number of nitro groups is 1. The lowest BCUT2D eigenvalue weighted by atomic mass is 10.0. The molecule has 0 saturated carbocycles. The van der Waals surface area contributed by atoms with Crippen LogP contribution in [0.3, 0.4) is 0 Å². The molecule has 27 heavy (non-hydrogen) atoms. The predicted molar refractivity (Wildman–Crippen MR) is 93.5 cm³/mol. The molecule has 2 aromatic carbocycles. The highest BCUT2D eigenvalue weighted by Crippen LogP contribution is 2.56. The van der Waals surface area contributed by atoms with Gasteiger partial charge in [-0.1, -0.05) is 12.1 Å². The van der Waals surface area contributed by atoms with E-state index in [0.29, 0.717) is 17.5 Å². The molecule has 0 radical (unpaired) electrons. The van der Waals surface area contributed by atoms with Crippen LogP contribution in [0.25, 0.3) is 0 Å². The molecule has 9 nitrogen and oxygen atoms in total. The average molecular weight is 393 g/mol. The number of phosphoric acid groups is 1. The second-order valence-electron chi connectivity index (χ2n) is 5.62. The van der Waals surface area contributed by atoms with Crippen molar-refractivity contribution in [3.8, 4) is 5.75 Å². The van der Waals surface area contributed by atoms with Crippen molar-refractivity contribution in [3.63, 3.8) is 0 Å². The fourth-order valence-corrected chi connectivity index (χ4v) is 3.93. The maximum atomic E-state index is 12.8. The van der Waals surface area contributed by atoms with Gasteiger partial charge in [0, 0.05) is 18.6 Å². The summed E-state index contributed by atoms with van der Waals surface area (Å²) in [5.41, 5.74) is 0.855. The molecule has 0 amide bonds. The molecule has 1 aliphatic heterocycles. The Morgan fingerprint density at radius 2 is 2.00 bits per heavy atom. The van der Waals surface area contributed by atoms with E-state index in [-0.39, 0.29) is 18.0 Å². The molecular weight excluding hydrogens is 377 g/mol. The van der Waals surface area contributed by atoms with Gasteiger partial charge in [-0.15, -0.1) is 0 Å². The van der Waals surface area contributed by atoms with Crippen LogP contribution >= 0.6 is 7.82 Å². The van der Waals surface area contributed by atoms with Crippen LogP contribution in [-0.4, -0.2) is 24.6 Å². The molecule has 2 atom stereocenters. The summed E-state index contributed by atoms with van der Waals surface area (Å²) < 4.78 is 33.5. The lowest BCUT2D eigenvalue weighted by Crippen LogP contribution is -2.17. The zero-order chi connectivity index (χ0) is 19.4. The Bertz CT molecular complexity index is 898. The van der Waals surface area contributed by atoms with Crippen molar-refractivity contribution in [2.45, 2.75) is 12.5 Å². The summed E-state index contributed by atoms with van der Waals surface area (Å²) in [4.78, 5) is 21.8. The number of methoxy groups -OCH3 is 1. The number of hydrogen-bond donors (Lipinski definition) is 0. The molecule has 1 saturated heterocycles. The van der Waals surface area contributed by atoms with Crippen LogP contribution < -0.4 is 4.52 Å². The molecule has 0 aliphatic carbocycles. The first-order chi connectivity index (χ1) is 12.9. The molecule has 3 rings (SSSR count). The number of esters is 1. The predicted octanol–water partition coefficient (Wildman–Crippen LogP) is 4.05. The normalized spacial score (nSPS) is 22.0. The zero-order valence-electron chi connectivity index (χ0n) is 14.3. The van der Waals surface area contributed by atoms with Crippen molar-refractivity contribution < 1.29 is 32.6 Å². The van der Waals surface area contributed by atoms with Gasteiger partial charge < -0.3 is 9.26 Å². The average Bonchev–Trinajstić information content (AvgIpc) is 2.67. The number of non-ortho nitro benzene ring substituents is 1. The second kappa shape index (κ2) is 7.87. The fourth-order valence-electron chi connectivity index (χ4n) is 2.53. The number of ether oxygens (including phenoxy) is 1. The Balaban J connectivity index is 1.75. The zero-order valence-corrected chi connectivity index (χ0v) is 15.2. The van der Waals surface area contributed by atoms with Gasteiger partial charge in [-0.3, -0.25) is 19.2 Å². The molecular formula is C17H16NO8P. The van der Waals surface area contributed by atoms with Crippen molar-refractivity contribution in [3.05, 3.63) is 69.8 Å². The molecule has 1 heterocycles. The van der Waals surface area contributed by atoms with Crippen molar-refractivity contribution in [1.82, 2.24) is 0 Å². The number of carbonyl (C=O) groups excluding carboxylic acids is 1. The van der Waals surface area contributed by atoms with E-state index >= 15 is 0 Å². The fraction of sp³-hybridized carbons (Fsp3) is 0.235. The molecule has 142 valence electrons. The largest absolute Gasteiger partial charge is 0.530 e. The van der Waals surface area contributed by atoms with E-state index in [1.807, 2.05) is 0 Å². The van der Waals surface area contributed by atoms with Gasteiger partial charge in [0.1, 0.15) is 5.75 Å². The highest BCUT2D eigenvalue weighted by molar-refractivity contribution is 7.49. The van der Waals surface area contributed by atoms with Crippen molar-refractivity contribution in [2.75, 3.05) is 13.7 Å². The maximum Gasteiger partial charge on any atom is 0.530 e. The molecule has 0 bridgehead atoms. The molecule has 2 aromatic rings. The first kappa shape index (κ1) is 19.0. The summed E-state index contributed by atoms with van der Waals surface area (Å²) in [6, 6.07) is 11.7. The minimum Gasteiger partial charge on any atom is -0.465 e. The number of nitro benzene ring substituents is 1. The third-order valence-electron chi connectivity index (χ3n) is 3.83. The number of nitrogens with zero attached hydrogens (tertiary/aromatic N) is 1. The van der Waals surface area contributed by atoms with Gasteiger partial charge in [0.15, 0.2) is 0 Å². The van der Waals surface area contributed by atoms with Crippen LogP contribution in [0.5, 0.6) is 5.75 Å². The van der Waals surface area contributed by atoms with Crippen molar-refractivity contribution >= 4 is 19.5 Å². The lowest BCUT2D eigenvalue weighted by molar-refractivity contribution is -0.384. The summed E-state index contributed by atoms with van der Waals surface area (Å²) in [6.45, 7) is 0.122. The highest BCUT2D eigenvalue weighted by atomic mass is 31.2. The SMILES string of the molecule is COC(=O)c1cccc(C2CCOP(=O)(Oc3ccc([N+](=O)[O-])cc3)O2)c1. The summed E-state index contributed by atoms with van der Waals surface area (Å²) in [7, 11) is -2.64. The number of rotatable bonds is 5. The molecule has 2 unspecified atom stereocenters. The van der Waals surface area contributed by atoms with E-state index in [1.165, 1.54) is 31.4 Å². The monoisotopic (exact) mass is 393 g/mol. The Morgan fingerprint density at radius 1 is 1.26 bits per heavy atom. The van der Waals surface area contributed by atoms with Gasteiger partial charge in [-0.05, 0) is 29.8 Å². The molecule has 0 aromatic heterocycles. The van der Waals surface area contributed by atoms with Crippen LogP contribution in [0.1, 0.15) is 28.4 Å². The van der Waals surface area contributed by atoms with E-state index in [0.717, 1.165) is 0 Å². The lowest BCUT2D eigenvalue weighted by Gasteiger charge is -2.29. The van der Waals surface area contributed by atoms with Crippen LogP contribution in [0.4, 0.5) is 5.69 Å². The van der Waals surface area contributed by atoms with E-state index in [2.05, 4.69) is 0 Å². The van der Waals surface area contributed by atoms with Gasteiger partial charge in [-0.25, -0.2) is 9.36 Å². The van der Waals surface area contributed by atoms with Gasteiger partial charge in [0.25, 0.3) is 5.69 Å². The van der Waals surface area contributed by atoms with E-state index in [1.54, 1.807) is 24.3 Å². The summed E-state index contributed by atoms with van der Waals surface area (Å²) in [5.74, 6) is -0.373. The van der Waals surface area contributed by atoms with Crippen LogP contribution in [-0.2, 0) is 18.3 Å². The van der Waals surface area contributed by atoms with Gasteiger partial charge in [-0.2, -0.15) is 0 Å². The van der Waals surface area contributed by atoms with Gasteiger partial charge >= 0.3 is 13.8 Å². The number of benzene rings is 2. The Morgan fingerprint density at radius 3 is 2.67 bits per heavy atom. The Hall–Kier alpha value is -2.74. The van der Waals surface area contributed by atoms with Gasteiger partial charge in [0.05, 0.1) is 30.3 Å². The summed E-state index contributed by atoms with van der Waals surface area (Å²) >= 11 is 0. The van der Waals surface area contributed by atoms with Gasteiger partial charge in [0.2, 0.25) is 0 Å². The minimum atomic E-state index is -3.93. The van der Waals surface area contributed by atoms with Crippen LogP contribution in [0, 0.1) is 10.1 Å². The minimum absolute atomic E-state index is 0.118. The maximum absolute atomic E-state index is 12.8. The van der Waals surface area contributed by atoms with Crippen molar-refractivity contribution in [2.24, 2.45) is 0 Å². The summed E-state index contributed by atoms with van der Waals surface area (Å²) in [5, 5.41) is 10.7. The molecule has 0 spiro atoms. The number of carbonyl (C=O) groups is 1. The first-order valence-electron chi connectivity index (χ1n) is 7.95. The second-order valence-corrected chi connectivity index (χ2v) is 7.17.